The van der Waals surface area contributed by atoms with Crippen molar-refractivity contribution in [2.45, 2.75) is 40.0 Å². The van der Waals surface area contributed by atoms with Crippen LogP contribution in [0.15, 0.2) is 53.7 Å². The molecule has 2 aromatic rings. The van der Waals surface area contributed by atoms with Crippen LogP contribution in [0.4, 0.5) is 0 Å². The number of nitrogens with two attached hydrogens (primary N) is 1. The molecule has 0 saturated carbocycles. The molecule has 0 aromatic heterocycles. The van der Waals surface area contributed by atoms with Crippen LogP contribution >= 0.6 is 0 Å². The average molecular weight is 338 g/mol. The molecule has 1 atom stereocenters. The fraction of sp³-hybridized carbons (Fsp3) is 0.333. The second kappa shape index (κ2) is 8.47. The monoisotopic (exact) mass is 338 g/mol. The van der Waals surface area contributed by atoms with E-state index < -0.39 is 11.9 Å². The SMILES string of the molecule is Cc1ccc(/C(N)=N\OC(=O)[C@H](C)c2ccc(CC(C)C)cc2)cc1. The topological polar surface area (TPSA) is 64.7 Å². The molecule has 2 N–H and O–H groups in total. The largest absolute Gasteiger partial charge is 0.380 e. The van der Waals surface area contributed by atoms with E-state index in [9.17, 15) is 4.79 Å². The van der Waals surface area contributed by atoms with Gasteiger partial charge in [-0.05, 0) is 37.3 Å². The van der Waals surface area contributed by atoms with Gasteiger partial charge in [-0.3, -0.25) is 0 Å². The molecule has 25 heavy (non-hydrogen) atoms. The molecule has 2 rings (SSSR count). The highest BCUT2D eigenvalue weighted by molar-refractivity contribution is 5.97. The first-order chi connectivity index (χ1) is 11.9. The summed E-state index contributed by atoms with van der Waals surface area (Å²) in [5, 5.41) is 3.77. The summed E-state index contributed by atoms with van der Waals surface area (Å²) in [7, 11) is 0. The van der Waals surface area contributed by atoms with Crippen LogP contribution in [0.5, 0.6) is 0 Å². The summed E-state index contributed by atoms with van der Waals surface area (Å²) in [5.41, 5.74) is 9.89. The molecule has 2 aromatic carbocycles. The number of oxime groups is 1. The van der Waals surface area contributed by atoms with Crippen LogP contribution in [-0.2, 0) is 16.1 Å². The summed E-state index contributed by atoms with van der Waals surface area (Å²) in [6.07, 6.45) is 1.02. The lowest BCUT2D eigenvalue weighted by Crippen LogP contribution is -2.17. The molecule has 0 spiro atoms. The zero-order valence-corrected chi connectivity index (χ0v) is 15.3. The van der Waals surface area contributed by atoms with Crippen LogP contribution in [0.2, 0.25) is 0 Å². The first-order valence-electron chi connectivity index (χ1n) is 8.57. The Labute approximate surface area is 149 Å². The lowest BCUT2D eigenvalue weighted by molar-refractivity contribution is -0.145. The number of aryl methyl sites for hydroxylation is 1. The highest BCUT2D eigenvalue weighted by atomic mass is 16.7. The zero-order valence-electron chi connectivity index (χ0n) is 15.3. The third-order valence-electron chi connectivity index (χ3n) is 4.06. The van der Waals surface area contributed by atoms with Crippen molar-refractivity contribution in [2.24, 2.45) is 16.8 Å². The van der Waals surface area contributed by atoms with Crippen molar-refractivity contribution in [1.29, 1.82) is 0 Å². The Bertz CT molecular complexity index is 731. The predicted molar refractivity (Wildman–Crippen MR) is 101 cm³/mol. The van der Waals surface area contributed by atoms with E-state index in [-0.39, 0.29) is 5.84 Å². The van der Waals surface area contributed by atoms with Gasteiger partial charge in [-0.25, -0.2) is 4.79 Å². The maximum absolute atomic E-state index is 12.2. The number of carbonyl (C=O) groups is 1. The number of carbonyl (C=O) groups excluding carboxylic acids is 1. The molecule has 132 valence electrons. The molecule has 0 saturated heterocycles. The Hall–Kier alpha value is -2.62. The van der Waals surface area contributed by atoms with Gasteiger partial charge >= 0.3 is 5.97 Å². The molecule has 0 fully saturated rings. The van der Waals surface area contributed by atoms with Gasteiger partial charge in [-0.2, -0.15) is 0 Å². The molecule has 0 bridgehead atoms. The maximum Gasteiger partial charge on any atom is 0.342 e. The summed E-state index contributed by atoms with van der Waals surface area (Å²) in [6, 6.07) is 15.6. The summed E-state index contributed by atoms with van der Waals surface area (Å²) in [4.78, 5) is 17.2. The second-order valence-corrected chi connectivity index (χ2v) is 6.81. The van der Waals surface area contributed by atoms with Crippen LogP contribution in [-0.4, -0.2) is 11.8 Å². The quantitative estimate of drug-likeness (QED) is 0.372. The molecule has 0 aliphatic heterocycles. The number of rotatable bonds is 6. The number of hydrogen-bond donors (Lipinski definition) is 1. The first kappa shape index (κ1) is 18.7. The number of benzene rings is 2. The van der Waals surface area contributed by atoms with E-state index in [1.54, 1.807) is 6.92 Å². The van der Waals surface area contributed by atoms with Crippen molar-refractivity contribution >= 4 is 11.8 Å². The van der Waals surface area contributed by atoms with Crippen molar-refractivity contribution in [3.8, 4) is 0 Å². The Balaban J connectivity index is 1.99. The molecule has 0 heterocycles. The Kier molecular flexibility index (Phi) is 6.34. The third kappa shape index (κ3) is 5.45. The summed E-state index contributed by atoms with van der Waals surface area (Å²) in [6.45, 7) is 8.16. The van der Waals surface area contributed by atoms with E-state index in [4.69, 9.17) is 10.6 Å². The number of nitrogens with zero attached hydrogens (tertiary/aromatic N) is 1. The number of hydrogen-bond acceptors (Lipinski definition) is 3. The smallest absolute Gasteiger partial charge is 0.342 e. The van der Waals surface area contributed by atoms with Crippen LogP contribution in [0.25, 0.3) is 0 Å². The van der Waals surface area contributed by atoms with Gasteiger partial charge in [0.15, 0.2) is 5.84 Å². The molecule has 4 heteroatoms. The van der Waals surface area contributed by atoms with Gasteiger partial charge in [0.25, 0.3) is 0 Å². The fourth-order valence-electron chi connectivity index (χ4n) is 2.50. The van der Waals surface area contributed by atoms with Gasteiger partial charge in [0, 0.05) is 5.56 Å². The molecular formula is C21H26N2O2. The van der Waals surface area contributed by atoms with E-state index in [2.05, 4.69) is 31.1 Å². The van der Waals surface area contributed by atoms with E-state index in [0.29, 0.717) is 5.92 Å². The highest BCUT2D eigenvalue weighted by Crippen LogP contribution is 2.19. The predicted octanol–water partition coefficient (Wildman–Crippen LogP) is 4.16. The highest BCUT2D eigenvalue weighted by Gasteiger charge is 2.17. The van der Waals surface area contributed by atoms with Crippen molar-refractivity contribution < 1.29 is 9.63 Å². The number of amidine groups is 1. The fourth-order valence-corrected chi connectivity index (χ4v) is 2.50. The average Bonchev–Trinajstić information content (AvgIpc) is 2.59. The molecule has 4 nitrogen and oxygen atoms in total. The second-order valence-electron chi connectivity index (χ2n) is 6.81. The third-order valence-corrected chi connectivity index (χ3v) is 4.06. The van der Waals surface area contributed by atoms with Crippen molar-refractivity contribution in [3.05, 3.63) is 70.8 Å². The van der Waals surface area contributed by atoms with E-state index >= 15 is 0 Å². The molecule has 0 radical (unpaired) electrons. The van der Waals surface area contributed by atoms with Crippen LogP contribution < -0.4 is 5.73 Å². The van der Waals surface area contributed by atoms with Gasteiger partial charge in [0.1, 0.15) is 0 Å². The lowest BCUT2D eigenvalue weighted by Gasteiger charge is -2.11. The van der Waals surface area contributed by atoms with Crippen molar-refractivity contribution in [2.75, 3.05) is 0 Å². The van der Waals surface area contributed by atoms with Crippen LogP contribution in [0, 0.1) is 12.8 Å². The minimum absolute atomic E-state index is 0.188. The van der Waals surface area contributed by atoms with E-state index in [1.807, 2.05) is 43.3 Å². The van der Waals surface area contributed by atoms with Gasteiger partial charge in [-0.15, -0.1) is 0 Å². The molecule has 0 aliphatic rings. The van der Waals surface area contributed by atoms with Crippen molar-refractivity contribution in [1.82, 2.24) is 0 Å². The molecule has 0 unspecified atom stereocenters. The molecule has 0 amide bonds. The maximum atomic E-state index is 12.2. The van der Waals surface area contributed by atoms with Gasteiger partial charge in [-0.1, -0.05) is 73.1 Å². The van der Waals surface area contributed by atoms with E-state index in [1.165, 1.54) is 5.56 Å². The minimum atomic E-state index is -0.424. The van der Waals surface area contributed by atoms with Gasteiger partial charge in [0.2, 0.25) is 0 Å². The molecule has 0 aliphatic carbocycles. The Morgan fingerprint density at radius 1 is 1.04 bits per heavy atom. The summed E-state index contributed by atoms with van der Waals surface area (Å²) in [5.74, 6) is -0.0329. The van der Waals surface area contributed by atoms with Crippen LogP contribution in [0.3, 0.4) is 0 Å². The van der Waals surface area contributed by atoms with Crippen LogP contribution in [0.1, 0.15) is 48.9 Å². The summed E-state index contributed by atoms with van der Waals surface area (Å²) < 4.78 is 0. The minimum Gasteiger partial charge on any atom is -0.380 e. The van der Waals surface area contributed by atoms with Crippen molar-refractivity contribution in [3.63, 3.8) is 0 Å². The standard InChI is InChI=1S/C21H26N2O2/c1-14(2)13-17-7-11-18(12-8-17)16(4)21(24)25-23-20(22)19-9-5-15(3)6-10-19/h5-12,14,16H,13H2,1-4H3,(H2,22,23)/t16-/m1/s1. The normalized spacial score (nSPS) is 12.9. The zero-order chi connectivity index (χ0) is 18.4. The first-order valence-corrected chi connectivity index (χ1v) is 8.57. The summed E-state index contributed by atoms with van der Waals surface area (Å²) >= 11 is 0. The van der Waals surface area contributed by atoms with E-state index in [0.717, 1.165) is 23.1 Å². The lowest BCUT2D eigenvalue weighted by atomic mass is 9.97. The molecular weight excluding hydrogens is 312 g/mol. The Morgan fingerprint density at radius 2 is 1.64 bits per heavy atom. The van der Waals surface area contributed by atoms with Gasteiger partial charge < -0.3 is 10.6 Å². The van der Waals surface area contributed by atoms with Gasteiger partial charge in [0.05, 0.1) is 5.92 Å². The Morgan fingerprint density at radius 3 is 2.20 bits per heavy atom.